The van der Waals surface area contributed by atoms with E-state index in [0.29, 0.717) is 5.33 Å². The zero-order valence-corrected chi connectivity index (χ0v) is 5.72. The maximum absolute atomic E-state index is 11.2. The molecule has 0 nitrogen and oxygen atoms in total. The van der Waals surface area contributed by atoms with Gasteiger partial charge in [-0.15, -0.1) is 0 Å². The van der Waals surface area contributed by atoms with Crippen LogP contribution in [0.3, 0.4) is 0 Å². The summed E-state index contributed by atoms with van der Waals surface area (Å²) in [6.45, 7) is 0. The maximum Gasteiger partial charge on any atom is 0.389 e. The van der Waals surface area contributed by atoms with E-state index >= 15 is 0 Å². The summed E-state index contributed by atoms with van der Waals surface area (Å²) >= 11 is 2.90. The van der Waals surface area contributed by atoms with E-state index in [-0.39, 0.29) is 29.5 Å². The van der Waals surface area contributed by atoms with Crippen LogP contribution in [0.4, 0.5) is 13.2 Å². The van der Waals surface area contributed by atoms with E-state index in [4.69, 9.17) is 0 Å². The molecule has 0 rings (SSSR count). The van der Waals surface area contributed by atoms with Crippen LogP contribution in [-0.2, 0) is 0 Å². The molecular formula is C4H8BrF3Mg. The standard InChI is InChI=1S/C4H6BrF3.Mg.2H/c5-3-1-2-4(6,7)8;;;/h1-3H2;;;. The van der Waals surface area contributed by atoms with Crippen LogP contribution in [-0.4, -0.2) is 34.6 Å². The van der Waals surface area contributed by atoms with Gasteiger partial charge in [0.1, 0.15) is 0 Å². The minimum absolute atomic E-state index is 0. The van der Waals surface area contributed by atoms with Gasteiger partial charge in [-0.2, -0.15) is 13.2 Å². The largest absolute Gasteiger partial charge is 0.389 e. The van der Waals surface area contributed by atoms with E-state index < -0.39 is 12.6 Å². The van der Waals surface area contributed by atoms with Gasteiger partial charge in [-0.3, -0.25) is 0 Å². The molecule has 0 radical (unpaired) electrons. The highest BCUT2D eigenvalue weighted by atomic mass is 79.9. The van der Waals surface area contributed by atoms with E-state index in [2.05, 4.69) is 15.9 Å². The zero-order valence-electron chi connectivity index (χ0n) is 4.13. The summed E-state index contributed by atoms with van der Waals surface area (Å²) in [6.07, 6.45) is -4.49. The summed E-state index contributed by atoms with van der Waals surface area (Å²) in [7, 11) is 0. The third-order valence-electron chi connectivity index (χ3n) is 0.594. The Hall–Kier alpha value is 1.04. The normalized spacial score (nSPS) is 10.7. The molecule has 54 valence electrons. The molecule has 0 aliphatic heterocycles. The second-order valence-corrected chi connectivity index (χ2v) is 2.20. The van der Waals surface area contributed by atoms with Crippen LogP contribution < -0.4 is 0 Å². The minimum Gasteiger partial charge on any atom is -0.171 e. The Kier molecular flexibility index (Phi) is 8.17. The first-order valence-corrected chi connectivity index (χ1v) is 3.31. The van der Waals surface area contributed by atoms with Crippen molar-refractivity contribution in [2.24, 2.45) is 0 Å². The number of alkyl halides is 4. The molecule has 0 spiro atoms. The van der Waals surface area contributed by atoms with Crippen LogP contribution in [0, 0.1) is 0 Å². The molecule has 0 fully saturated rings. The van der Waals surface area contributed by atoms with Gasteiger partial charge >= 0.3 is 29.2 Å². The fourth-order valence-corrected chi connectivity index (χ4v) is 0.548. The Morgan fingerprint density at radius 3 is 1.78 bits per heavy atom. The van der Waals surface area contributed by atoms with Gasteiger partial charge in [0.25, 0.3) is 0 Å². The average molecular weight is 217 g/mol. The van der Waals surface area contributed by atoms with Gasteiger partial charge < -0.3 is 0 Å². The van der Waals surface area contributed by atoms with Crippen molar-refractivity contribution in [2.75, 3.05) is 5.33 Å². The zero-order chi connectivity index (χ0) is 6.62. The van der Waals surface area contributed by atoms with E-state index in [1.54, 1.807) is 0 Å². The number of hydrogen-bond acceptors (Lipinski definition) is 0. The van der Waals surface area contributed by atoms with Crippen LogP contribution in [0.5, 0.6) is 0 Å². The molecule has 9 heavy (non-hydrogen) atoms. The molecule has 5 heteroatoms. The lowest BCUT2D eigenvalue weighted by Gasteiger charge is -2.01. The summed E-state index contributed by atoms with van der Waals surface area (Å²) in [5, 5.41) is 0.423. The Balaban J connectivity index is 0. The molecule has 0 saturated carbocycles. The molecule has 0 aliphatic carbocycles. The molecule has 0 atom stereocenters. The number of rotatable bonds is 2. The predicted molar refractivity (Wildman–Crippen MR) is 37.6 cm³/mol. The molecular weight excluding hydrogens is 209 g/mol. The van der Waals surface area contributed by atoms with Gasteiger partial charge in [-0.1, -0.05) is 15.9 Å². The Morgan fingerprint density at radius 2 is 1.67 bits per heavy atom. The first kappa shape index (κ1) is 12.7. The molecule has 0 aliphatic rings. The van der Waals surface area contributed by atoms with Crippen LogP contribution in [0.15, 0.2) is 0 Å². The Morgan fingerprint density at radius 1 is 1.22 bits per heavy atom. The highest BCUT2D eigenvalue weighted by molar-refractivity contribution is 9.09. The second-order valence-electron chi connectivity index (χ2n) is 1.41. The lowest BCUT2D eigenvalue weighted by Crippen LogP contribution is -2.06. The van der Waals surface area contributed by atoms with Crippen molar-refractivity contribution < 1.29 is 13.2 Å². The first-order valence-electron chi connectivity index (χ1n) is 2.19. The first-order chi connectivity index (χ1) is 3.56. The highest BCUT2D eigenvalue weighted by Gasteiger charge is 2.25. The fraction of sp³-hybridized carbons (Fsp3) is 1.00. The van der Waals surface area contributed by atoms with Gasteiger partial charge in [-0.05, 0) is 6.42 Å². The molecule has 0 aromatic heterocycles. The van der Waals surface area contributed by atoms with Gasteiger partial charge in [-0.25, -0.2) is 0 Å². The monoisotopic (exact) mass is 216 g/mol. The molecule has 0 aromatic rings. The van der Waals surface area contributed by atoms with Crippen molar-refractivity contribution in [3.63, 3.8) is 0 Å². The van der Waals surface area contributed by atoms with Crippen LogP contribution in [0.1, 0.15) is 12.8 Å². The Bertz CT molecular complexity index is 63.3. The van der Waals surface area contributed by atoms with Crippen molar-refractivity contribution >= 4 is 39.0 Å². The van der Waals surface area contributed by atoms with Gasteiger partial charge in [0, 0.05) is 11.8 Å². The third-order valence-corrected chi connectivity index (χ3v) is 1.15. The van der Waals surface area contributed by atoms with Crippen molar-refractivity contribution in [3.05, 3.63) is 0 Å². The molecule has 0 aromatic carbocycles. The van der Waals surface area contributed by atoms with E-state index in [1.807, 2.05) is 0 Å². The maximum atomic E-state index is 11.2. The lowest BCUT2D eigenvalue weighted by atomic mass is 10.3. The Labute approximate surface area is 76.5 Å². The van der Waals surface area contributed by atoms with Crippen molar-refractivity contribution in [1.29, 1.82) is 0 Å². The summed E-state index contributed by atoms with van der Waals surface area (Å²) in [4.78, 5) is 0. The molecule has 0 N–H and O–H groups in total. The molecule has 0 saturated heterocycles. The van der Waals surface area contributed by atoms with Crippen LogP contribution >= 0.6 is 15.9 Å². The lowest BCUT2D eigenvalue weighted by molar-refractivity contribution is -0.134. The molecule has 0 bridgehead atoms. The molecule has 0 heterocycles. The predicted octanol–water partition coefficient (Wildman–Crippen LogP) is 1.81. The molecule has 0 amide bonds. The minimum atomic E-state index is -3.98. The second kappa shape index (κ2) is 5.79. The SMILES string of the molecule is FC(F)(F)CCCBr.[MgH2]. The van der Waals surface area contributed by atoms with Crippen LogP contribution in [0.25, 0.3) is 0 Å². The van der Waals surface area contributed by atoms with E-state index in [1.165, 1.54) is 0 Å². The average Bonchev–Trinajstić information content (AvgIpc) is 1.59. The quantitative estimate of drug-likeness (QED) is 0.489. The van der Waals surface area contributed by atoms with Crippen molar-refractivity contribution in [2.45, 2.75) is 19.0 Å². The fourth-order valence-electron chi connectivity index (χ4n) is 0.267. The summed E-state index contributed by atoms with van der Waals surface area (Å²) in [5.41, 5.74) is 0. The highest BCUT2D eigenvalue weighted by Crippen LogP contribution is 2.21. The summed E-state index contributed by atoms with van der Waals surface area (Å²) in [5.74, 6) is 0. The van der Waals surface area contributed by atoms with Gasteiger partial charge in [0.15, 0.2) is 0 Å². The van der Waals surface area contributed by atoms with Gasteiger partial charge in [0.05, 0.1) is 0 Å². The summed E-state index contributed by atoms with van der Waals surface area (Å²) in [6, 6.07) is 0. The van der Waals surface area contributed by atoms with E-state index in [9.17, 15) is 13.2 Å². The summed E-state index contributed by atoms with van der Waals surface area (Å²) < 4.78 is 33.7. The molecule has 0 unspecified atom stereocenters. The van der Waals surface area contributed by atoms with Crippen molar-refractivity contribution in [1.82, 2.24) is 0 Å². The smallest absolute Gasteiger partial charge is 0.171 e. The topological polar surface area (TPSA) is 0 Å². The van der Waals surface area contributed by atoms with Crippen LogP contribution in [0.2, 0.25) is 0 Å². The van der Waals surface area contributed by atoms with Crippen molar-refractivity contribution in [3.8, 4) is 0 Å². The third kappa shape index (κ3) is 12.3. The number of halogens is 4. The number of hydrogen-bond donors (Lipinski definition) is 0. The van der Waals surface area contributed by atoms with Gasteiger partial charge in [0.2, 0.25) is 0 Å². The van der Waals surface area contributed by atoms with E-state index in [0.717, 1.165) is 0 Å².